The summed E-state index contributed by atoms with van der Waals surface area (Å²) in [5.41, 5.74) is 3.78. The van der Waals surface area contributed by atoms with Crippen molar-refractivity contribution in [1.29, 1.82) is 0 Å². The van der Waals surface area contributed by atoms with E-state index in [0.717, 1.165) is 12.8 Å². The largest absolute Gasteiger partial charge is 0.455 e. The molecule has 0 spiro atoms. The molecule has 10 nitrogen and oxygen atoms in total. The van der Waals surface area contributed by atoms with Crippen LogP contribution in [-0.2, 0) is 4.79 Å². The Morgan fingerprint density at radius 3 is 2.53 bits per heavy atom. The van der Waals surface area contributed by atoms with E-state index in [4.69, 9.17) is 4.42 Å². The van der Waals surface area contributed by atoms with E-state index in [1.54, 1.807) is 36.4 Å². The highest BCUT2D eigenvalue weighted by Crippen LogP contribution is 2.25. The summed E-state index contributed by atoms with van der Waals surface area (Å²) in [5.74, 6) is 0.537. The minimum absolute atomic E-state index is 0.0256. The summed E-state index contributed by atoms with van der Waals surface area (Å²) in [6.45, 7) is 5.97. The van der Waals surface area contributed by atoms with E-state index in [1.165, 1.54) is 18.3 Å². The second kappa shape index (κ2) is 14.4. The van der Waals surface area contributed by atoms with Crippen LogP contribution in [0, 0.1) is 10.1 Å². The van der Waals surface area contributed by atoms with Gasteiger partial charge in [0.25, 0.3) is 17.5 Å². The zero-order valence-corrected chi connectivity index (χ0v) is 21.6. The fourth-order valence-electron chi connectivity index (χ4n) is 4.08. The Kier molecular flexibility index (Phi) is 10.7. The molecule has 2 aromatic carbocycles. The number of benzene rings is 2. The SMILES string of the molecule is CCN(CC)C(CCCCNC(=O)c1ccccc1)C(=O)N/N=C/c1ccc(-c2cccc([N+](=O)[O-])c2)o1. The molecule has 3 aromatic rings. The summed E-state index contributed by atoms with van der Waals surface area (Å²) in [7, 11) is 0. The van der Waals surface area contributed by atoms with Gasteiger partial charge in [0, 0.05) is 29.8 Å². The fraction of sp³-hybridized carbons (Fsp3) is 0.321. The molecule has 0 bridgehead atoms. The monoisotopic (exact) mass is 519 g/mol. The standard InChI is InChI=1S/C28H33N5O5/c1-3-32(4-2)25(15-8-9-18-29-27(34)21-11-6-5-7-12-21)28(35)31-30-20-24-16-17-26(38-24)22-13-10-14-23(19-22)33(36)37/h5-7,10-14,16-17,19-20,25H,3-4,8-9,15,18H2,1-2H3,(H,29,34)(H,31,35)/b30-20+. The summed E-state index contributed by atoms with van der Waals surface area (Å²) in [6, 6.07) is 18.2. The third-order valence-electron chi connectivity index (χ3n) is 6.12. The minimum Gasteiger partial charge on any atom is -0.455 e. The van der Waals surface area contributed by atoms with E-state index >= 15 is 0 Å². The summed E-state index contributed by atoms with van der Waals surface area (Å²) in [6.07, 6.45) is 3.54. The lowest BCUT2D eigenvalue weighted by Crippen LogP contribution is -2.45. The Balaban J connectivity index is 1.51. The highest BCUT2D eigenvalue weighted by atomic mass is 16.6. The topological polar surface area (TPSA) is 130 Å². The predicted molar refractivity (Wildman–Crippen MR) is 146 cm³/mol. The molecule has 2 amide bonds. The van der Waals surface area contributed by atoms with Gasteiger partial charge >= 0.3 is 0 Å². The van der Waals surface area contributed by atoms with Crippen LogP contribution in [0.2, 0.25) is 0 Å². The van der Waals surface area contributed by atoms with Gasteiger partial charge in [-0.2, -0.15) is 5.10 Å². The molecule has 10 heteroatoms. The number of hydrogen-bond donors (Lipinski definition) is 2. The lowest BCUT2D eigenvalue weighted by atomic mass is 10.1. The molecule has 0 aliphatic heterocycles. The summed E-state index contributed by atoms with van der Waals surface area (Å²) in [4.78, 5) is 37.7. The number of non-ortho nitro benzene ring substituents is 1. The number of likely N-dealkylation sites (N-methyl/N-ethyl adjacent to an activating group) is 1. The molecule has 1 aromatic heterocycles. The van der Waals surface area contributed by atoms with Gasteiger partial charge in [-0.15, -0.1) is 0 Å². The molecule has 1 atom stereocenters. The first kappa shape index (κ1) is 28.3. The van der Waals surface area contributed by atoms with Crippen LogP contribution in [0.25, 0.3) is 11.3 Å². The van der Waals surface area contributed by atoms with Crippen LogP contribution in [0.5, 0.6) is 0 Å². The lowest BCUT2D eigenvalue weighted by Gasteiger charge is -2.27. The number of amides is 2. The molecule has 0 radical (unpaired) electrons. The Hall–Kier alpha value is -4.31. The van der Waals surface area contributed by atoms with Gasteiger partial charge in [-0.25, -0.2) is 5.43 Å². The zero-order valence-electron chi connectivity index (χ0n) is 21.6. The third kappa shape index (κ3) is 8.10. The fourth-order valence-corrected chi connectivity index (χ4v) is 4.08. The number of nitro groups is 1. The molecule has 2 N–H and O–H groups in total. The second-order valence-electron chi connectivity index (χ2n) is 8.60. The smallest absolute Gasteiger partial charge is 0.270 e. The number of unbranched alkanes of at least 4 members (excludes halogenated alkanes) is 1. The normalized spacial score (nSPS) is 12.0. The number of nitrogens with zero attached hydrogens (tertiary/aromatic N) is 3. The van der Waals surface area contributed by atoms with Crippen LogP contribution >= 0.6 is 0 Å². The molecular formula is C28H33N5O5. The van der Waals surface area contributed by atoms with Gasteiger partial charge < -0.3 is 9.73 Å². The number of carbonyl (C=O) groups excluding carboxylic acids is 2. The summed E-state index contributed by atoms with van der Waals surface area (Å²) < 4.78 is 5.71. The minimum atomic E-state index is -0.461. The number of rotatable bonds is 14. The number of hydrazone groups is 1. The first-order valence-electron chi connectivity index (χ1n) is 12.7. The number of furan rings is 1. The number of hydrogen-bond acceptors (Lipinski definition) is 7. The van der Waals surface area contributed by atoms with Gasteiger partial charge in [0.05, 0.1) is 17.2 Å². The first-order chi connectivity index (χ1) is 18.4. The van der Waals surface area contributed by atoms with Gasteiger partial charge in [-0.1, -0.05) is 44.2 Å². The van der Waals surface area contributed by atoms with E-state index in [-0.39, 0.29) is 23.5 Å². The van der Waals surface area contributed by atoms with E-state index in [2.05, 4.69) is 20.7 Å². The summed E-state index contributed by atoms with van der Waals surface area (Å²) >= 11 is 0. The molecule has 200 valence electrons. The predicted octanol–water partition coefficient (Wildman–Crippen LogP) is 4.62. The summed E-state index contributed by atoms with van der Waals surface area (Å²) in [5, 5.41) is 18.0. The molecule has 0 fully saturated rings. The van der Waals surface area contributed by atoms with Crippen molar-refractivity contribution in [2.45, 2.75) is 39.2 Å². The van der Waals surface area contributed by atoms with Crippen LogP contribution in [-0.4, -0.2) is 53.5 Å². The van der Waals surface area contributed by atoms with Crippen LogP contribution < -0.4 is 10.7 Å². The quantitative estimate of drug-likeness (QED) is 0.138. The van der Waals surface area contributed by atoms with Gasteiger partial charge in [0.1, 0.15) is 11.5 Å². The Morgan fingerprint density at radius 2 is 1.82 bits per heavy atom. The Bertz CT molecular complexity index is 1240. The first-order valence-corrected chi connectivity index (χ1v) is 12.7. The highest BCUT2D eigenvalue weighted by Gasteiger charge is 2.23. The second-order valence-corrected chi connectivity index (χ2v) is 8.60. The van der Waals surface area contributed by atoms with Gasteiger partial charge in [0.15, 0.2) is 0 Å². The van der Waals surface area contributed by atoms with E-state index < -0.39 is 4.92 Å². The van der Waals surface area contributed by atoms with Gasteiger partial charge in [0.2, 0.25) is 0 Å². The van der Waals surface area contributed by atoms with Gasteiger partial charge in [-0.05, 0) is 56.6 Å². The van der Waals surface area contributed by atoms with Crippen LogP contribution in [0.1, 0.15) is 49.2 Å². The molecule has 3 rings (SSSR count). The molecule has 1 unspecified atom stereocenters. The Labute approximate surface area is 221 Å². The molecule has 1 heterocycles. The van der Waals surface area contributed by atoms with Crippen molar-refractivity contribution in [2.24, 2.45) is 5.10 Å². The van der Waals surface area contributed by atoms with Crippen LogP contribution in [0.4, 0.5) is 5.69 Å². The number of nitro benzene ring substituents is 1. The van der Waals surface area contributed by atoms with E-state index in [9.17, 15) is 19.7 Å². The van der Waals surface area contributed by atoms with Crippen molar-refractivity contribution in [3.63, 3.8) is 0 Å². The van der Waals surface area contributed by atoms with E-state index in [0.29, 0.717) is 48.7 Å². The van der Waals surface area contributed by atoms with Crippen molar-refractivity contribution < 1.29 is 18.9 Å². The molecule has 38 heavy (non-hydrogen) atoms. The average molecular weight is 520 g/mol. The molecule has 0 aliphatic rings. The van der Waals surface area contributed by atoms with Crippen molar-refractivity contribution >= 4 is 23.7 Å². The molecular weight excluding hydrogens is 486 g/mol. The highest BCUT2D eigenvalue weighted by molar-refractivity contribution is 5.94. The third-order valence-corrected chi connectivity index (χ3v) is 6.12. The number of carbonyl (C=O) groups is 2. The van der Waals surface area contributed by atoms with Crippen molar-refractivity contribution in [2.75, 3.05) is 19.6 Å². The average Bonchev–Trinajstić information content (AvgIpc) is 3.41. The van der Waals surface area contributed by atoms with Crippen molar-refractivity contribution in [3.05, 3.63) is 88.2 Å². The number of nitrogens with one attached hydrogen (secondary N) is 2. The molecule has 0 saturated carbocycles. The molecule has 0 saturated heterocycles. The molecule has 0 aliphatic carbocycles. The maximum absolute atomic E-state index is 12.9. The van der Waals surface area contributed by atoms with Crippen molar-refractivity contribution in [3.8, 4) is 11.3 Å². The Morgan fingerprint density at radius 1 is 1.05 bits per heavy atom. The van der Waals surface area contributed by atoms with Crippen molar-refractivity contribution in [1.82, 2.24) is 15.6 Å². The van der Waals surface area contributed by atoms with Crippen LogP contribution in [0.15, 0.2) is 76.2 Å². The van der Waals surface area contributed by atoms with Gasteiger partial charge in [-0.3, -0.25) is 24.6 Å². The lowest BCUT2D eigenvalue weighted by molar-refractivity contribution is -0.384. The maximum Gasteiger partial charge on any atom is 0.270 e. The zero-order chi connectivity index (χ0) is 27.3. The van der Waals surface area contributed by atoms with E-state index in [1.807, 2.05) is 32.0 Å². The maximum atomic E-state index is 12.9. The van der Waals surface area contributed by atoms with Crippen LogP contribution in [0.3, 0.4) is 0 Å².